The lowest BCUT2D eigenvalue weighted by Crippen LogP contribution is -2.54. The molecule has 2 aromatic carbocycles. The average molecular weight is 818 g/mol. The summed E-state index contributed by atoms with van der Waals surface area (Å²) in [6.07, 6.45) is 15.3. The van der Waals surface area contributed by atoms with Gasteiger partial charge in [0.05, 0.1) is 38.2 Å². The highest BCUT2D eigenvalue weighted by Gasteiger charge is 2.42. The van der Waals surface area contributed by atoms with Crippen molar-refractivity contribution in [3.8, 4) is 22.8 Å². The first-order valence-electron chi connectivity index (χ1n) is 21.8. The van der Waals surface area contributed by atoms with Gasteiger partial charge in [0, 0.05) is 43.4 Å². The Morgan fingerprint density at radius 2 is 1.33 bits per heavy atom. The Morgan fingerprint density at radius 3 is 1.98 bits per heavy atom. The normalized spacial score (nSPS) is 22.4. The van der Waals surface area contributed by atoms with E-state index in [1.165, 1.54) is 14.2 Å². The number of carbonyl (C=O) groups is 4. The number of nitrogens with zero attached hydrogens (tertiary/aromatic N) is 4. The molecular weight excluding hydrogens is 763 g/mol. The van der Waals surface area contributed by atoms with Gasteiger partial charge in [-0.2, -0.15) is 0 Å². The smallest absolute Gasteiger partial charge is 0.407 e. The number of likely N-dealkylation sites (tertiary alicyclic amines) is 2. The lowest BCUT2D eigenvalue weighted by atomic mass is 9.93. The molecule has 14 nitrogen and oxygen atoms in total. The topological polar surface area (TPSA) is 168 Å². The summed E-state index contributed by atoms with van der Waals surface area (Å²) in [5.74, 6) is 2.50. The fraction of sp³-hybridized carbons (Fsp3) is 0.522. The van der Waals surface area contributed by atoms with Crippen molar-refractivity contribution in [2.24, 2.45) is 16.8 Å². The number of aliphatic imine (C=N–C) groups is 1. The molecule has 5 heterocycles. The summed E-state index contributed by atoms with van der Waals surface area (Å²) in [7, 11) is 2.66. The number of imidazole rings is 1. The largest absolute Gasteiger partial charge is 0.457 e. The van der Waals surface area contributed by atoms with Crippen LogP contribution in [-0.4, -0.2) is 94.9 Å². The number of aromatic nitrogens is 2. The van der Waals surface area contributed by atoms with Gasteiger partial charge in [0.25, 0.3) is 0 Å². The van der Waals surface area contributed by atoms with Gasteiger partial charge >= 0.3 is 12.2 Å². The predicted octanol–water partition coefficient (Wildman–Crippen LogP) is 7.44. The van der Waals surface area contributed by atoms with Crippen molar-refractivity contribution < 1.29 is 33.4 Å². The summed E-state index contributed by atoms with van der Waals surface area (Å²) in [5.41, 5.74) is 7.13. The van der Waals surface area contributed by atoms with Crippen molar-refractivity contribution in [2.75, 3.05) is 27.3 Å². The summed E-state index contributed by atoms with van der Waals surface area (Å²) >= 11 is 0. The van der Waals surface area contributed by atoms with Gasteiger partial charge in [-0.25, -0.2) is 14.6 Å². The van der Waals surface area contributed by atoms with Gasteiger partial charge in [-0.3, -0.25) is 14.6 Å². The Kier molecular flexibility index (Phi) is 11.4. The number of ether oxygens (including phenoxy) is 3. The molecule has 4 aliphatic heterocycles. The molecule has 0 radical (unpaired) electrons. The molecule has 1 aromatic heterocycles. The maximum Gasteiger partial charge on any atom is 0.407 e. The molecule has 3 N–H and O–H groups in total. The summed E-state index contributed by atoms with van der Waals surface area (Å²) in [6, 6.07) is 11.1. The fourth-order valence-electron chi connectivity index (χ4n) is 10.5. The first-order chi connectivity index (χ1) is 29.3. The number of benzene rings is 2. The van der Waals surface area contributed by atoms with Gasteiger partial charge < -0.3 is 39.6 Å². The van der Waals surface area contributed by atoms with Crippen molar-refractivity contribution in [3.05, 3.63) is 71.3 Å². The Balaban J connectivity index is 0.847. The van der Waals surface area contributed by atoms with E-state index in [0.717, 1.165) is 134 Å². The molecule has 2 saturated heterocycles. The number of amides is 4. The van der Waals surface area contributed by atoms with E-state index in [1.54, 1.807) is 0 Å². The first-order valence-corrected chi connectivity index (χ1v) is 21.8. The van der Waals surface area contributed by atoms with Crippen molar-refractivity contribution >= 4 is 35.3 Å². The number of hydrogen-bond acceptors (Lipinski definition) is 9. The molecule has 0 unspecified atom stereocenters. The highest BCUT2D eigenvalue weighted by atomic mass is 16.5. The molecule has 4 atom stereocenters. The zero-order valence-corrected chi connectivity index (χ0v) is 34.5. The van der Waals surface area contributed by atoms with Crippen LogP contribution in [-0.2, 0) is 25.5 Å². The average Bonchev–Trinajstić information content (AvgIpc) is 4.13. The molecule has 2 aliphatic carbocycles. The zero-order valence-electron chi connectivity index (χ0n) is 34.5. The zero-order chi connectivity index (χ0) is 41.3. The summed E-state index contributed by atoms with van der Waals surface area (Å²) in [5, 5.41) is 5.71. The van der Waals surface area contributed by atoms with Gasteiger partial charge in [-0.05, 0) is 110 Å². The van der Waals surface area contributed by atoms with Gasteiger partial charge in [-0.15, -0.1) is 0 Å². The van der Waals surface area contributed by atoms with E-state index in [1.807, 2.05) is 34.3 Å². The van der Waals surface area contributed by atoms with E-state index in [0.29, 0.717) is 25.9 Å². The van der Waals surface area contributed by atoms with E-state index in [9.17, 15) is 19.2 Å². The Bertz CT molecular complexity index is 2200. The molecule has 9 rings (SSSR count). The molecule has 2 saturated carbocycles. The van der Waals surface area contributed by atoms with Crippen LogP contribution in [0.15, 0.2) is 53.8 Å². The van der Waals surface area contributed by atoms with Crippen molar-refractivity contribution in [3.63, 3.8) is 0 Å². The number of H-pyrrole nitrogens is 1. The number of methoxy groups -OCH3 is 2. The summed E-state index contributed by atoms with van der Waals surface area (Å²) in [4.78, 5) is 69.4. The quantitative estimate of drug-likeness (QED) is 0.148. The van der Waals surface area contributed by atoms with E-state index in [4.69, 9.17) is 24.2 Å². The molecule has 14 heteroatoms. The predicted molar refractivity (Wildman–Crippen MR) is 224 cm³/mol. The van der Waals surface area contributed by atoms with E-state index in [-0.39, 0.29) is 35.7 Å². The number of hydrogen-bond donors (Lipinski definition) is 3. The van der Waals surface area contributed by atoms with Gasteiger partial charge in [0.1, 0.15) is 29.4 Å². The molecule has 0 spiro atoms. The van der Waals surface area contributed by atoms with Crippen molar-refractivity contribution in [1.82, 2.24) is 30.4 Å². The van der Waals surface area contributed by atoms with Crippen molar-refractivity contribution in [2.45, 2.75) is 114 Å². The molecule has 316 valence electrons. The number of fused-ring (bicyclic) bond motifs is 2. The van der Waals surface area contributed by atoms with Crippen LogP contribution >= 0.6 is 0 Å². The fourth-order valence-corrected chi connectivity index (χ4v) is 10.5. The first kappa shape index (κ1) is 39.8. The molecular formula is C46H55N7O7. The van der Waals surface area contributed by atoms with E-state index in [2.05, 4.69) is 39.9 Å². The molecule has 6 aliphatic rings. The van der Waals surface area contributed by atoms with Gasteiger partial charge in [-0.1, -0.05) is 37.8 Å². The third kappa shape index (κ3) is 7.88. The van der Waals surface area contributed by atoms with Crippen LogP contribution in [0.5, 0.6) is 11.5 Å². The minimum Gasteiger partial charge on any atom is -0.457 e. The standard InChI is InChI=1S/C46H55N7O7/c1-58-45(56)50-40(27-9-3-4-10-27)43(54)52-19-7-13-36(52)34-23-33(25-47-34)29-15-16-31-22-32-21-30(17-18-38(32)60-39(31)24-29)35-26-48-42(49-35)37-14-8-20-53(37)44(55)41(51-46(57)59-2)28-11-5-6-12-28/h15-18,21,24-28,36-37,40-41H,3-14,19-20,22-23H2,1-2H3,(H,48,49)(H,50,56)(H,51,57)/t36-,37-,40-,41-/m0/s1. The number of rotatable bonds is 10. The molecule has 3 aromatic rings. The number of nitrogens with one attached hydrogen (secondary N) is 3. The molecule has 4 fully saturated rings. The number of carbonyl (C=O) groups excluding carboxylic acids is 4. The monoisotopic (exact) mass is 817 g/mol. The summed E-state index contributed by atoms with van der Waals surface area (Å²) < 4.78 is 16.3. The Hall–Kier alpha value is -5.66. The lowest BCUT2D eigenvalue weighted by molar-refractivity contribution is -0.136. The van der Waals surface area contributed by atoms with Gasteiger partial charge in [0.15, 0.2) is 0 Å². The minimum atomic E-state index is -0.603. The van der Waals surface area contributed by atoms with E-state index < -0.39 is 24.3 Å². The van der Waals surface area contributed by atoms with Crippen LogP contribution in [0.3, 0.4) is 0 Å². The number of aromatic amines is 1. The maximum atomic E-state index is 14.0. The van der Waals surface area contributed by atoms with Crippen molar-refractivity contribution in [1.29, 1.82) is 0 Å². The second-order valence-electron chi connectivity index (χ2n) is 17.3. The van der Waals surface area contributed by atoms with Crippen LogP contribution in [0.2, 0.25) is 0 Å². The van der Waals surface area contributed by atoms with Crippen LogP contribution < -0.4 is 15.4 Å². The second-order valence-corrected chi connectivity index (χ2v) is 17.3. The molecule has 60 heavy (non-hydrogen) atoms. The van der Waals surface area contributed by atoms with Crippen LogP contribution in [0.25, 0.3) is 16.8 Å². The summed E-state index contributed by atoms with van der Waals surface area (Å²) in [6.45, 7) is 1.27. The molecule has 0 bridgehead atoms. The third-order valence-electron chi connectivity index (χ3n) is 13.7. The highest BCUT2D eigenvalue weighted by Crippen LogP contribution is 2.42. The number of alkyl carbamates (subject to hydrolysis) is 2. The highest BCUT2D eigenvalue weighted by molar-refractivity contribution is 6.04. The van der Waals surface area contributed by atoms with Gasteiger partial charge in [0.2, 0.25) is 11.8 Å². The maximum absolute atomic E-state index is 14.0. The minimum absolute atomic E-state index is 0.0332. The Morgan fingerprint density at radius 1 is 0.717 bits per heavy atom. The van der Waals surface area contributed by atoms with Crippen LogP contribution in [0, 0.1) is 11.8 Å². The van der Waals surface area contributed by atoms with E-state index >= 15 is 0 Å². The SMILES string of the molecule is COC(=O)N[C@H](C(=O)N1CCC[C@H]1C1=NC=C(c2ccc3c(c2)Oc2ccc(-c4cnc([C@@H]5CCCN5C(=O)[C@@H](NC(=O)OC)C5CCCC5)[nH]4)cc2C3)C1)C1CCCC1. The third-order valence-corrected chi connectivity index (χ3v) is 13.7. The molecule has 4 amide bonds. The number of allylic oxidation sites excluding steroid dienone is 1. The van der Waals surface area contributed by atoms with Crippen LogP contribution in [0.4, 0.5) is 9.59 Å². The lowest BCUT2D eigenvalue weighted by Gasteiger charge is -2.32. The Labute approximate surface area is 350 Å². The van der Waals surface area contributed by atoms with Crippen LogP contribution in [0.1, 0.15) is 112 Å². The second kappa shape index (κ2) is 17.1.